The summed E-state index contributed by atoms with van der Waals surface area (Å²) >= 11 is 0. The van der Waals surface area contributed by atoms with Crippen molar-refractivity contribution >= 4 is 11.6 Å². The second kappa shape index (κ2) is 9.67. The maximum absolute atomic E-state index is 13.2. The van der Waals surface area contributed by atoms with E-state index in [1.165, 1.54) is 0 Å². The number of piperidine rings is 1. The van der Waals surface area contributed by atoms with Crippen LogP contribution < -0.4 is 11.5 Å². The molecule has 2 aliphatic heterocycles. The van der Waals surface area contributed by atoms with E-state index in [4.69, 9.17) is 11.5 Å². The van der Waals surface area contributed by atoms with Gasteiger partial charge in [0.25, 0.3) is 0 Å². The molecule has 2 fully saturated rings. The van der Waals surface area contributed by atoms with Crippen molar-refractivity contribution in [3.05, 3.63) is 28.8 Å². The molecule has 0 spiro atoms. The number of nitrogens with zero attached hydrogens (tertiary/aromatic N) is 3. The van der Waals surface area contributed by atoms with Gasteiger partial charge in [0.05, 0.1) is 22.9 Å². The van der Waals surface area contributed by atoms with Gasteiger partial charge in [-0.2, -0.15) is 26.3 Å². The lowest BCUT2D eigenvalue weighted by molar-refractivity contribution is -0.141. The molecular formula is C21H29F6N5O. The number of alkyl halides is 6. The van der Waals surface area contributed by atoms with E-state index < -0.39 is 47.5 Å². The average molecular weight is 481 g/mol. The van der Waals surface area contributed by atoms with Crippen LogP contribution >= 0.6 is 0 Å². The van der Waals surface area contributed by atoms with Crippen molar-refractivity contribution in [1.82, 2.24) is 14.7 Å². The number of carbonyl (C=O) groups is 1. The summed E-state index contributed by atoms with van der Waals surface area (Å²) in [5.41, 5.74) is 6.20. The van der Waals surface area contributed by atoms with E-state index in [2.05, 4.69) is 16.8 Å². The molecule has 2 saturated heterocycles. The number of likely N-dealkylation sites (tertiary alicyclic amines) is 1. The Labute approximate surface area is 188 Å². The number of hydrogen-bond acceptors (Lipinski definition) is 5. The summed E-state index contributed by atoms with van der Waals surface area (Å²) in [6.07, 6.45) is -9.09. The molecule has 1 amide bonds. The number of benzene rings is 1. The molecule has 0 saturated carbocycles. The first-order valence-corrected chi connectivity index (χ1v) is 10.8. The van der Waals surface area contributed by atoms with Crippen molar-refractivity contribution < 1.29 is 31.1 Å². The van der Waals surface area contributed by atoms with Gasteiger partial charge in [-0.15, -0.1) is 0 Å². The van der Waals surface area contributed by atoms with Gasteiger partial charge in [0.15, 0.2) is 0 Å². The van der Waals surface area contributed by atoms with Gasteiger partial charge in [0, 0.05) is 45.3 Å². The van der Waals surface area contributed by atoms with Crippen LogP contribution in [0.1, 0.15) is 29.5 Å². The highest BCUT2D eigenvalue weighted by molar-refractivity contribution is 5.82. The summed E-state index contributed by atoms with van der Waals surface area (Å²) in [5, 5.41) is 0. The number of amides is 1. The van der Waals surface area contributed by atoms with E-state index in [0.717, 1.165) is 39.0 Å². The number of anilines is 1. The van der Waals surface area contributed by atoms with E-state index >= 15 is 0 Å². The smallest absolute Gasteiger partial charge is 0.398 e. The third-order valence-electron chi connectivity index (χ3n) is 6.45. The second-order valence-corrected chi connectivity index (χ2v) is 8.81. The van der Waals surface area contributed by atoms with Gasteiger partial charge >= 0.3 is 12.4 Å². The van der Waals surface area contributed by atoms with Gasteiger partial charge < -0.3 is 21.3 Å². The molecule has 0 radical (unpaired) electrons. The van der Waals surface area contributed by atoms with Crippen molar-refractivity contribution in [1.29, 1.82) is 0 Å². The number of piperazine rings is 1. The molecule has 186 valence electrons. The zero-order valence-corrected chi connectivity index (χ0v) is 18.3. The van der Waals surface area contributed by atoms with Gasteiger partial charge in [-0.25, -0.2) is 0 Å². The third kappa shape index (κ3) is 6.10. The fraction of sp³-hybridized carbons (Fsp3) is 0.667. The minimum absolute atomic E-state index is 0.336. The minimum Gasteiger partial charge on any atom is -0.398 e. The molecule has 1 aromatic carbocycles. The van der Waals surface area contributed by atoms with Crippen LogP contribution in [0.2, 0.25) is 0 Å². The lowest BCUT2D eigenvalue weighted by Crippen LogP contribution is -2.54. The van der Waals surface area contributed by atoms with Crippen LogP contribution in [0.25, 0.3) is 0 Å². The first kappa shape index (κ1) is 25.6. The number of carbonyl (C=O) groups excluding carboxylic acids is 1. The van der Waals surface area contributed by atoms with Gasteiger partial charge in [0.2, 0.25) is 5.91 Å². The Kier molecular flexibility index (Phi) is 7.49. The Hall–Kier alpha value is -2.05. The topological polar surface area (TPSA) is 78.8 Å². The summed E-state index contributed by atoms with van der Waals surface area (Å²) in [7, 11) is 2.07. The molecule has 1 aromatic rings. The summed E-state index contributed by atoms with van der Waals surface area (Å²) in [6.45, 7) is 4.76. The third-order valence-corrected chi connectivity index (χ3v) is 6.45. The highest BCUT2D eigenvalue weighted by Gasteiger charge is 2.41. The van der Waals surface area contributed by atoms with Crippen molar-refractivity contribution in [2.45, 2.75) is 43.7 Å². The lowest BCUT2D eigenvalue weighted by Gasteiger charge is -2.42. The second-order valence-electron chi connectivity index (χ2n) is 8.81. The highest BCUT2D eigenvalue weighted by Crippen LogP contribution is 2.42. The minimum atomic E-state index is -5.07. The van der Waals surface area contributed by atoms with Gasteiger partial charge in [0.1, 0.15) is 0 Å². The number of likely N-dealkylation sites (N-methyl/N-ethyl adjacent to an activating group) is 1. The summed E-state index contributed by atoms with van der Waals surface area (Å²) in [5.74, 6) is -0.481. The van der Waals surface area contributed by atoms with Crippen LogP contribution in [-0.4, -0.2) is 79.0 Å². The largest absolute Gasteiger partial charge is 0.418 e. The molecule has 0 unspecified atom stereocenters. The molecular weight excluding hydrogens is 452 g/mol. The molecule has 1 atom stereocenters. The van der Waals surface area contributed by atoms with Gasteiger partial charge in [-0.05, 0) is 44.0 Å². The molecule has 0 bridgehead atoms. The van der Waals surface area contributed by atoms with Gasteiger partial charge in [-0.1, -0.05) is 0 Å². The molecule has 33 heavy (non-hydrogen) atoms. The first-order chi connectivity index (χ1) is 15.3. The zero-order valence-electron chi connectivity index (χ0n) is 18.3. The fourth-order valence-corrected chi connectivity index (χ4v) is 4.51. The number of nitrogens with two attached hydrogens (primary N) is 2. The van der Waals surface area contributed by atoms with Crippen molar-refractivity contribution in [2.75, 3.05) is 52.0 Å². The Morgan fingerprint density at radius 3 is 1.91 bits per heavy atom. The van der Waals surface area contributed by atoms with Crippen LogP contribution in [0, 0.1) is 0 Å². The zero-order chi connectivity index (χ0) is 24.6. The molecule has 0 aliphatic carbocycles. The van der Waals surface area contributed by atoms with Crippen LogP contribution in [0.5, 0.6) is 0 Å². The Balaban J connectivity index is 1.66. The molecule has 3 rings (SSSR count). The van der Waals surface area contributed by atoms with Crippen LogP contribution in [-0.2, 0) is 23.6 Å². The number of hydrogen-bond donors (Lipinski definition) is 2. The average Bonchev–Trinajstić information content (AvgIpc) is 2.73. The normalized spacial score (nSPS) is 20.8. The van der Waals surface area contributed by atoms with Gasteiger partial charge in [-0.3, -0.25) is 9.69 Å². The number of halogens is 6. The summed E-state index contributed by atoms with van der Waals surface area (Å²) in [6, 6.07) is 0.171. The summed E-state index contributed by atoms with van der Waals surface area (Å²) in [4.78, 5) is 19.0. The van der Waals surface area contributed by atoms with Crippen molar-refractivity contribution in [2.24, 2.45) is 5.73 Å². The van der Waals surface area contributed by atoms with E-state index in [1.54, 1.807) is 4.90 Å². The highest BCUT2D eigenvalue weighted by atomic mass is 19.4. The van der Waals surface area contributed by atoms with E-state index in [0.29, 0.717) is 31.3 Å². The van der Waals surface area contributed by atoms with E-state index in [1.807, 2.05) is 0 Å². The number of rotatable bonds is 4. The molecule has 4 N–H and O–H groups in total. The molecule has 6 nitrogen and oxygen atoms in total. The van der Waals surface area contributed by atoms with E-state index in [9.17, 15) is 31.1 Å². The maximum Gasteiger partial charge on any atom is 0.418 e. The predicted octanol–water partition coefficient (Wildman–Crippen LogP) is 2.41. The number of nitrogen functional groups attached to an aromatic ring is 1. The SMILES string of the molecule is CN1CCN(C2CCN(C(=O)[C@H](N)Cc3cc(C(F)(F)F)c(N)c(C(F)(F)F)c3)CC2)CC1. The standard InChI is InChI=1S/C21H29F6N5O/c1-30-6-8-31(9-7-30)14-2-4-32(5-3-14)19(33)17(28)12-13-10-15(20(22,23)24)18(29)16(11-13)21(25,26)27/h10-11,14,17H,2-9,12,28-29H2,1H3/t17-/m1/s1. The molecule has 2 aliphatic rings. The maximum atomic E-state index is 13.2. The monoisotopic (exact) mass is 481 g/mol. The fourth-order valence-electron chi connectivity index (χ4n) is 4.51. The summed E-state index contributed by atoms with van der Waals surface area (Å²) < 4.78 is 79.4. The molecule has 0 aromatic heterocycles. The molecule has 2 heterocycles. The first-order valence-electron chi connectivity index (χ1n) is 10.8. The van der Waals surface area contributed by atoms with Crippen LogP contribution in [0.15, 0.2) is 12.1 Å². The van der Waals surface area contributed by atoms with E-state index in [-0.39, 0.29) is 5.56 Å². The van der Waals surface area contributed by atoms with Crippen LogP contribution in [0.4, 0.5) is 32.0 Å². The Morgan fingerprint density at radius 1 is 0.970 bits per heavy atom. The van der Waals surface area contributed by atoms with Crippen molar-refractivity contribution in [3.63, 3.8) is 0 Å². The van der Waals surface area contributed by atoms with Crippen LogP contribution in [0.3, 0.4) is 0 Å². The Morgan fingerprint density at radius 2 is 1.45 bits per heavy atom. The lowest BCUT2D eigenvalue weighted by atomic mass is 9.96. The Bertz CT molecular complexity index is 808. The van der Waals surface area contributed by atoms with Crippen molar-refractivity contribution in [3.8, 4) is 0 Å². The molecule has 12 heteroatoms. The predicted molar refractivity (Wildman–Crippen MR) is 111 cm³/mol. The quantitative estimate of drug-likeness (QED) is 0.510.